The molecule has 2 saturated heterocycles. The summed E-state index contributed by atoms with van der Waals surface area (Å²) in [4.78, 5) is 29.4. The number of rotatable bonds is 6. The van der Waals surface area contributed by atoms with Gasteiger partial charge in [-0.3, -0.25) is 4.79 Å². The first kappa shape index (κ1) is 21.4. The van der Waals surface area contributed by atoms with Crippen molar-refractivity contribution in [3.63, 3.8) is 0 Å². The van der Waals surface area contributed by atoms with Gasteiger partial charge in [-0.25, -0.2) is 4.79 Å². The van der Waals surface area contributed by atoms with Crippen molar-refractivity contribution >= 4 is 23.3 Å². The minimum Gasteiger partial charge on any atom is -0.326 e. The van der Waals surface area contributed by atoms with Crippen LogP contribution in [-0.4, -0.2) is 54.5 Å². The van der Waals surface area contributed by atoms with Crippen LogP contribution in [0.4, 0.5) is 16.2 Å². The first-order valence-corrected chi connectivity index (χ1v) is 11.4. The second kappa shape index (κ2) is 10.4. The summed E-state index contributed by atoms with van der Waals surface area (Å²) in [5, 5.41) is 5.96. The van der Waals surface area contributed by atoms with E-state index in [2.05, 4.69) is 27.7 Å². The summed E-state index contributed by atoms with van der Waals surface area (Å²) in [7, 11) is 0. The van der Waals surface area contributed by atoms with E-state index in [4.69, 9.17) is 0 Å². The molecule has 6 nitrogen and oxygen atoms in total. The zero-order valence-corrected chi connectivity index (χ0v) is 18.1. The third-order valence-corrected chi connectivity index (χ3v) is 6.31. The van der Waals surface area contributed by atoms with E-state index in [1.165, 1.54) is 31.5 Å². The minimum atomic E-state index is -0.102. The van der Waals surface area contributed by atoms with Crippen molar-refractivity contribution in [2.75, 3.05) is 43.4 Å². The fourth-order valence-corrected chi connectivity index (χ4v) is 4.36. The van der Waals surface area contributed by atoms with Crippen LogP contribution < -0.4 is 10.6 Å². The average molecular weight is 421 g/mol. The van der Waals surface area contributed by atoms with Crippen LogP contribution in [0.15, 0.2) is 54.6 Å². The monoisotopic (exact) mass is 420 g/mol. The number of benzene rings is 2. The number of carbonyl (C=O) groups excluding carboxylic acids is 2. The average Bonchev–Trinajstić information content (AvgIpc) is 3.33. The van der Waals surface area contributed by atoms with Crippen molar-refractivity contribution in [3.8, 4) is 0 Å². The number of carbonyl (C=O) groups is 2. The van der Waals surface area contributed by atoms with Crippen molar-refractivity contribution in [2.24, 2.45) is 5.92 Å². The highest BCUT2D eigenvalue weighted by atomic mass is 16.2. The molecule has 0 saturated carbocycles. The van der Waals surface area contributed by atoms with Gasteiger partial charge in [0.25, 0.3) is 0 Å². The number of likely N-dealkylation sites (tertiary alicyclic amines) is 2. The highest BCUT2D eigenvalue weighted by molar-refractivity contribution is 5.93. The number of hydrogen-bond donors (Lipinski definition) is 2. The van der Waals surface area contributed by atoms with Gasteiger partial charge in [0, 0.05) is 36.9 Å². The lowest BCUT2D eigenvalue weighted by molar-refractivity contribution is -0.121. The van der Waals surface area contributed by atoms with Gasteiger partial charge in [-0.2, -0.15) is 0 Å². The molecule has 3 amide bonds. The zero-order chi connectivity index (χ0) is 21.5. The van der Waals surface area contributed by atoms with Crippen LogP contribution in [0, 0.1) is 5.92 Å². The number of piperidine rings is 1. The maximum absolute atomic E-state index is 12.7. The molecule has 4 rings (SSSR count). The standard InChI is InChI=1S/C25H32N4O2/c30-24(26-23-10-8-20(9-11-23)12-17-28-15-4-5-16-28)21-13-18-29(19-14-21)25(31)27-22-6-2-1-3-7-22/h1-3,6-11,21H,4-5,12-19H2,(H,26,30)(H,27,31). The first-order valence-electron chi connectivity index (χ1n) is 11.4. The Labute approximate surface area is 184 Å². The minimum absolute atomic E-state index is 0.0490. The molecule has 2 aromatic rings. The van der Waals surface area contributed by atoms with Gasteiger partial charge in [0.1, 0.15) is 0 Å². The SMILES string of the molecule is O=C(Nc1ccc(CCN2CCCC2)cc1)C1CCN(C(=O)Nc2ccccc2)CC1. The second-order valence-electron chi connectivity index (χ2n) is 8.54. The van der Waals surface area contributed by atoms with Crippen LogP contribution in [0.25, 0.3) is 0 Å². The van der Waals surface area contributed by atoms with Gasteiger partial charge in [-0.05, 0) is 75.0 Å². The fourth-order valence-electron chi connectivity index (χ4n) is 4.36. The summed E-state index contributed by atoms with van der Waals surface area (Å²) >= 11 is 0. The lowest BCUT2D eigenvalue weighted by Crippen LogP contribution is -2.43. The molecule has 31 heavy (non-hydrogen) atoms. The Bertz CT molecular complexity index is 855. The number of hydrogen-bond acceptors (Lipinski definition) is 3. The summed E-state index contributed by atoms with van der Waals surface area (Å²) in [6.45, 7) is 4.74. The molecular formula is C25H32N4O2. The molecule has 2 fully saturated rings. The van der Waals surface area contributed by atoms with Crippen molar-refractivity contribution in [1.29, 1.82) is 0 Å². The van der Waals surface area contributed by atoms with E-state index in [-0.39, 0.29) is 17.9 Å². The van der Waals surface area contributed by atoms with Crippen LogP contribution >= 0.6 is 0 Å². The van der Waals surface area contributed by atoms with Crippen molar-refractivity contribution in [2.45, 2.75) is 32.1 Å². The first-order chi connectivity index (χ1) is 15.2. The Kier molecular flexibility index (Phi) is 7.20. The van der Waals surface area contributed by atoms with Crippen LogP contribution in [-0.2, 0) is 11.2 Å². The normalized spacial score (nSPS) is 17.5. The Morgan fingerprint density at radius 1 is 0.806 bits per heavy atom. The van der Waals surface area contributed by atoms with Gasteiger partial charge in [0.05, 0.1) is 0 Å². The Morgan fingerprint density at radius 3 is 2.13 bits per heavy atom. The summed E-state index contributed by atoms with van der Waals surface area (Å²) in [6.07, 6.45) is 5.06. The largest absolute Gasteiger partial charge is 0.326 e. The highest BCUT2D eigenvalue weighted by Crippen LogP contribution is 2.21. The van der Waals surface area contributed by atoms with E-state index < -0.39 is 0 Å². The van der Waals surface area contributed by atoms with Crippen molar-refractivity contribution < 1.29 is 9.59 Å². The lowest BCUT2D eigenvalue weighted by atomic mass is 9.96. The van der Waals surface area contributed by atoms with Crippen molar-refractivity contribution in [1.82, 2.24) is 9.80 Å². The van der Waals surface area contributed by atoms with Gasteiger partial charge in [0.2, 0.25) is 5.91 Å². The van der Waals surface area contributed by atoms with E-state index in [1.54, 1.807) is 4.90 Å². The third-order valence-electron chi connectivity index (χ3n) is 6.31. The molecule has 164 valence electrons. The lowest BCUT2D eigenvalue weighted by Gasteiger charge is -2.31. The quantitative estimate of drug-likeness (QED) is 0.736. The smallest absolute Gasteiger partial charge is 0.321 e. The summed E-state index contributed by atoms with van der Waals surface area (Å²) in [5.41, 5.74) is 2.94. The number of amides is 3. The Morgan fingerprint density at radius 2 is 1.45 bits per heavy atom. The molecule has 2 aliphatic heterocycles. The van der Waals surface area contributed by atoms with Gasteiger partial charge in [-0.15, -0.1) is 0 Å². The van der Waals surface area contributed by atoms with Gasteiger partial charge in [0.15, 0.2) is 0 Å². The van der Waals surface area contributed by atoms with Gasteiger partial charge in [-0.1, -0.05) is 30.3 Å². The maximum atomic E-state index is 12.7. The topological polar surface area (TPSA) is 64.7 Å². The number of nitrogens with zero attached hydrogens (tertiary/aromatic N) is 2. The molecule has 0 unspecified atom stereocenters. The molecule has 2 aromatic carbocycles. The Hall–Kier alpha value is -2.86. The van der Waals surface area contributed by atoms with Crippen LogP contribution in [0.3, 0.4) is 0 Å². The molecule has 2 N–H and O–H groups in total. The molecule has 2 aliphatic rings. The van der Waals surface area contributed by atoms with Gasteiger partial charge >= 0.3 is 6.03 Å². The summed E-state index contributed by atoms with van der Waals surface area (Å²) < 4.78 is 0. The number of para-hydroxylation sites is 1. The molecule has 0 aromatic heterocycles. The summed E-state index contributed by atoms with van der Waals surface area (Å²) in [6, 6.07) is 17.6. The molecule has 0 bridgehead atoms. The number of anilines is 2. The molecule has 2 heterocycles. The summed E-state index contributed by atoms with van der Waals surface area (Å²) in [5.74, 6) is -0.0106. The van der Waals surface area contributed by atoms with E-state index in [1.807, 2.05) is 42.5 Å². The molecule has 0 spiro atoms. The van der Waals surface area contributed by atoms with Crippen LogP contribution in [0.1, 0.15) is 31.2 Å². The van der Waals surface area contributed by atoms with Crippen molar-refractivity contribution in [3.05, 3.63) is 60.2 Å². The molecular weight excluding hydrogens is 388 g/mol. The van der Waals surface area contributed by atoms with Gasteiger partial charge < -0.3 is 20.4 Å². The zero-order valence-electron chi connectivity index (χ0n) is 18.1. The molecule has 0 radical (unpaired) electrons. The van der Waals surface area contributed by atoms with Crippen LogP contribution in [0.2, 0.25) is 0 Å². The van der Waals surface area contributed by atoms with E-state index in [0.717, 1.165) is 24.3 Å². The maximum Gasteiger partial charge on any atom is 0.321 e. The molecule has 0 atom stereocenters. The predicted octanol–water partition coefficient (Wildman–Crippen LogP) is 4.21. The van der Waals surface area contributed by atoms with E-state index in [9.17, 15) is 9.59 Å². The highest BCUT2D eigenvalue weighted by Gasteiger charge is 2.27. The Balaban J connectivity index is 1.20. The fraction of sp³-hybridized carbons (Fsp3) is 0.440. The number of urea groups is 1. The second-order valence-corrected chi connectivity index (χ2v) is 8.54. The van der Waals surface area contributed by atoms with E-state index in [0.29, 0.717) is 25.9 Å². The predicted molar refractivity (Wildman–Crippen MR) is 124 cm³/mol. The van der Waals surface area contributed by atoms with Crippen LogP contribution in [0.5, 0.6) is 0 Å². The number of nitrogens with one attached hydrogen (secondary N) is 2. The molecule has 6 heteroatoms. The third kappa shape index (κ3) is 6.07. The molecule has 0 aliphatic carbocycles. The van der Waals surface area contributed by atoms with E-state index >= 15 is 0 Å².